The zero-order valence-corrected chi connectivity index (χ0v) is 30.5. The fourth-order valence-corrected chi connectivity index (χ4v) is 10.3. The van der Waals surface area contributed by atoms with Crippen LogP contribution in [-0.4, -0.2) is 0 Å². The molecule has 252 valence electrons. The van der Waals surface area contributed by atoms with Gasteiger partial charge in [0.15, 0.2) is 0 Å². The first kappa shape index (κ1) is 30.4. The van der Waals surface area contributed by atoms with Crippen LogP contribution in [0.15, 0.2) is 164 Å². The number of hydrogen-bond donors (Lipinski definition) is 0. The van der Waals surface area contributed by atoms with Crippen molar-refractivity contribution in [2.45, 2.75) is 38.5 Å². The van der Waals surface area contributed by atoms with E-state index in [4.69, 9.17) is 0 Å². The van der Waals surface area contributed by atoms with Crippen molar-refractivity contribution < 1.29 is 0 Å². The van der Waals surface area contributed by atoms with Crippen LogP contribution in [0.5, 0.6) is 0 Å². The predicted molar refractivity (Wildman–Crippen MR) is 226 cm³/mol. The molecule has 0 heterocycles. The largest absolute Gasteiger partial charge is 0.310 e. The summed E-state index contributed by atoms with van der Waals surface area (Å²) in [7, 11) is 0. The number of hydrogen-bond acceptors (Lipinski definition) is 1. The van der Waals surface area contributed by atoms with Crippen molar-refractivity contribution in [1.82, 2.24) is 0 Å². The van der Waals surface area contributed by atoms with E-state index in [9.17, 15) is 0 Å². The van der Waals surface area contributed by atoms with Crippen molar-refractivity contribution in [2.24, 2.45) is 0 Å². The summed E-state index contributed by atoms with van der Waals surface area (Å²) in [5, 5.41) is 10.4. The summed E-state index contributed by atoms with van der Waals surface area (Å²) in [5.41, 5.74) is 14.3. The van der Waals surface area contributed by atoms with Gasteiger partial charge in [0.1, 0.15) is 0 Å². The molecule has 0 fully saturated rings. The van der Waals surface area contributed by atoms with E-state index in [0.717, 1.165) is 11.4 Å². The summed E-state index contributed by atoms with van der Waals surface area (Å²) in [6, 6.07) is 61.3. The van der Waals surface area contributed by atoms with Crippen LogP contribution in [0.3, 0.4) is 0 Å². The Morgan fingerprint density at radius 2 is 0.868 bits per heavy atom. The lowest BCUT2D eigenvalue weighted by molar-refractivity contribution is 0.667. The van der Waals surface area contributed by atoms with E-state index >= 15 is 0 Å². The highest BCUT2D eigenvalue weighted by molar-refractivity contribution is 6.13. The maximum Gasteiger partial charge on any atom is 0.0543 e. The standard InChI is InChI=1S/C52H39N/c1-51(2)45-31-46(40-20-12-13-21-41(40)47(45)44-28-23-33-15-9-11-19-38(33)50(44)51)53(35-16-6-5-7-17-35)36-25-29-39-34(30-36)24-27-43-42-26-22-32-14-8-10-18-37(32)48(42)52(3,4)49(39)43/h5-31H,1-4H3. The van der Waals surface area contributed by atoms with Crippen LogP contribution in [0.4, 0.5) is 17.1 Å². The van der Waals surface area contributed by atoms with Gasteiger partial charge in [-0.3, -0.25) is 0 Å². The van der Waals surface area contributed by atoms with E-state index in [-0.39, 0.29) is 10.8 Å². The van der Waals surface area contributed by atoms with E-state index in [0.29, 0.717) is 0 Å². The minimum atomic E-state index is -0.179. The molecule has 11 rings (SSSR count). The summed E-state index contributed by atoms with van der Waals surface area (Å²) in [6.07, 6.45) is 0. The van der Waals surface area contributed by atoms with Gasteiger partial charge in [0.2, 0.25) is 0 Å². The van der Waals surface area contributed by atoms with E-state index in [1.165, 1.54) is 93.3 Å². The van der Waals surface area contributed by atoms with E-state index in [1.807, 2.05) is 0 Å². The van der Waals surface area contributed by atoms with Crippen LogP contribution in [0.2, 0.25) is 0 Å². The van der Waals surface area contributed by atoms with Crippen molar-refractivity contribution in [3.63, 3.8) is 0 Å². The Morgan fingerprint density at radius 3 is 1.53 bits per heavy atom. The molecule has 2 aliphatic rings. The highest BCUT2D eigenvalue weighted by Gasteiger charge is 2.40. The molecule has 53 heavy (non-hydrogen) atoms. The third-order valence-corrected chi connectivity index (χ3v) is 12.5. The molecule has 0 N–H and O–H groups in total. The smallest absolute Gasteiger partial charge is 0.0543 e. The van der Waals surface area contributed by atoms with E-state index in [1.54, 1.807) is 0 Å². The maximum atomic E-state index is 2.50. The fraction of sp³-hybridized carbons (Fsp3) is 0.115. The monoisotopic (exact) mass is 677 g/mol. The molecule has 0 aromatic heterocycles. The van der Waals surface area contributed by atoms with Crippen molar-refractivity contribution in [3.8, 4) is 22.3 Å². The number of fused-ring (bicyclic) bond motifs is 14. The van der Waals surface area contributed by atoms with Gasteiger partial charge in [0, 0.05) is 27.6 Å². The first-order valence-corrected chi connectivity index (χ1v) is 18.9. The number of rotatable bonds is 3. The lowest BCUT2D eigenvalue weighted by atomic mass is 9.78. The Hall–Kier alpha value is -6.18. The third kappa shape index (κ3) is 4.08. The summed E-state index contributed by atoms with van der Waals surface area (Å²) in [6.45, 7) is 9.64. The molecule has 9 aromatic carbocycles. The molecule has 0 bridgehead atoms. The van der Waals surface area contributed by atoms with Crippen LogP contribution < -0.4 is 4.90 Å². The maximum absolute atomic E-state index is 2.50. The Balaban J connectivity index is 1.14. The molecule has 0 unspecified atom stereocenters. The second kappa shape index (κ2) is 10.7. The van der Waals surface area contributed by atoms with Crippen molar-refractivity contribution in [3.05, 3.63) is 186 Å². The molecule has 1 heteroatoms. The SMILES string of the molecule is CC1(C)c2cc(N(c3ccccc3)c3ccc4c5c(ccc4c3)-c3ccc4ccccc4c3C5(C)C)c3ccccc3c2-c2ccc3ccccc3c21. The average molecular weight is 678 g/mol. The Morgan fingerprint density at radius 1 is 0.358 bits per heavy atom. The number of benzene rings is 9. The summed E-state index contributed by atoms with van der Waals surface area (Å²) >= 11 is 0. The molecule has 2 aliphatic carbocycles. The van der Waals surface area contributed by atoms with E-state index in [2.05, 4.69) is 196 Å². The zero-order chi connectivity index (χ0) is 35.6. The highest BCUT2D eigenvalue weighted by atomic mass is 15.1. The van der Waals surface area contributed by atoms with Crippen molar-refractivity contribution in [1.29, 1.82) is 0 Å². The third-order valence-electron chi connectivity index (χ3n) is 12.5. The number of anilines is 3. The molecular formula is C52H39N. The van der Waals surface area contributed by atoms with Crippen LogP contribution in [0.1, 0.15) is 49.9 Å². The molecule has 0 radical (unpaired) electrons. The fourth-order valence-electron chi connectivity index (χ4n) is 10.3. The molecule has 0 saturated carbocycles. The van der Waals surface area contributed by atoms with Crippen LogP contribution in [-0.2, 0) is 10.8 Å². The van der Waals surface area contributed by atoms with Crippen LogP contribution >= 0.6 is 0 Å². The van der Waals surface area contributed by atoms with Gasteiger partial charge in [-0.05, 0) is 113 Å². The van der Waals surface area contributed by atoms with E-state index < -0.39 is 0 Å². The quantitative estimate of drug-likeness (QED) is 0.180. The summed E-state index contributed by atoms with van der Waals surface area (Å²) in [4.78, 5) is 2.49. The summed E-state index contributed by atoms with van der Waals surface area (Å²) < 4.78 is 0. The van der Waals surface area contributed by atoms with Gasteiger partial charge in [0.05, 0.1) is 5.69 Å². The first-order chi connectivity index (χ1) is 25.8. The first-order valence-electron chi connectivity index (χ1n) is 18.9. The minimum absolute atomic E-state index is 0.132. The lowest BCUT2D eigenvalue weighted by Gasteiger charge is -2.30. The van der Waals surface area contributed by atoms with Gasteiger partial charge in [-0.15, -0.1) is 0 Å². The number of nitrogens with zero attached hydrogens (tertiary/aromatic N) is 1. The average Bonchev–Trinajstić information content (AvgIpc) is 3.58. The Kier molecular flexibility index (Phi) is 6.14. The van der Waals surface area contributed by atoms with Gasteiger partial charge in [-0.1, -0.05) is 161 Å². The Bertz CT molecular complexity index is 3000. The molecule has 0 saturated heterocycles. The number of para-hydroxylation sites is 1. The molecular weight excluding hydrogens is 639 g/mol. The predicted octanol–water partition coefficient (Wildman–Crippen LogP) is 14.4. The zero-order valence-electron chi connectivity index (χ0n) is 30.5. The molecule has 0 atom stereocenters. The second-order valence-corrected chi connectivity index (χ2v) is 16.1. The normalized spacial score (nSPS) is 14.7. The van der Waals surface area contributed by atoms with Gasteiger partial charge in [0.25, 0.3) is 0 Å². The minimum Gasteiger partial charge on any atom is -0.310 e. The topological polar surface area (TPSA) is 3.24 Å². The molecule has 0 spiro atoms. The molecule has 0 amide bonds. The highest BCUT2D eigenvalue weighted by Crippen LogP contribution is 2.57. The van der Waals surface area contributed by atoms with Gasteiger partial charge in [-0.2, -0.15) is 0 Å². The van der Waals surface area contributed by atoms with Gasteiger partial charge >= 0.3 is 0 Å². The van der Waals surface area contributed by atoms with Crippen molar-refractivity contribution in [2.75, 3.05) is 4.90 Å². The lowest BCUT2D eigenvalue weighted by Crippen LogP contribution is -2.17. The Labute approximate surface area is 310 Å². The molecule has 1 nitrogen and oxygen atoms in total. The van der Waals surface area contributed by atoms with Crippen LogP contribution in [0, 0.1) is 0 Å². The van der Waals surface area contributed by atoms with Gasteiger partial charge < -0.3 is 4.90 Å². The van der Waals surface area contributed by atoms with Gasteiger partial charge in [-0.25, -0.2) is 0 Å². The molecule has 9 aromatic rings. The second-order valence-electron chi connectivity index (χ2n) is 16.1. The summed E-state index contributed by atoms with van der Waals surface area (Å²) in [5.74, 6) is 0. The van der Waals surface area contributed by atoms with Crippen LogP contribution in [0.25, 0.3) is 65.3 Å². The van der Waals surface area contributed by atoms with Crippen molar-refractivity contribution >= 4 is 60.2 Å². The molecule has 0 aliphatic heterocycles.